The molecule has 43 heavy (non-hydrogen) atoms. The summed E-state index contributed by atoms with van der Waals surface area (Å²) in [6, 6.07) is 20.7. The molecule has 4 rings (SSSR count). The third-order valence-electron chi connectivity index (χ3n) is 5.71. The molecular formula is C32H25FN6O4. The van der Waals surface area contributed by atoms with Crippen molar-refractivity contribution in [3.05, 3.63) is 121 Å². The van der Waals surface area contributed by atoms with Gasteiger partial charge < -0.3 is 9.47 Å². The van der Waals surface area contributed by atoms with E-state index in [-0.39, 0.29) is 11.4 Å². The zero-order chi connectivity index (χ0) is 30.8. The van der Waals surface area contributed by atoms with Gasteiger partial charge in [0, 0.05) is 18.2 Å². The van der Waals surface area contributed by atoms with Crippen molar-refractivity contribution in [1.29, 1.82) is 0 Å². The Hall–Kier alpha value is -5.97. The molecule has 0 saturated heterocycles. The number of hydrogen-bond donors (Lipinski definition) is 0. The van der Waals surface area contributed by atoms with Crippen LogP contribution in [0.2, 0.25) is 0 Å². The van der Waals surface area contributed by atoms with Crippen LogP contribution in [0.4, 0.5) is 38.5 Å². The van der Waals surface area contributed by atoms with Gasteiger partial charge in [-0.2, -0.15) is 25.6 Å². The first-order valence-electron chi connectivity index (χ1n) is 12.8. The van der Waals surface area contributed by atoms with Crippen LogP contribution in [0, 0.1) is 19.7 Å². The highest BCUT2D eigenvalue weighted by Crippen LogP contribution is 2.31. The average molecular weight is 577 g/mol. The van der Waals surface area contributed by atoms with Crippen LogP contribution in [0.25, 0.3) is 0 Å². The number of ether oxygens (including phenoxy) is 2. The van der Waals surface area contributed by atoms with Gasteiger partial charge >= 0.3 is 11.9 Å². The quantitative estimate of drug-likeness (QED) is 0.0805. The fourth-order valence-corrected chi connectivity index (χ4v) is 3.49. The normalized spacial score (nSPS) is 11.2. The molecule has 0 heterocycles. The molecule has 0 aliphatic heterocycles. The predicted molar refractivity (Wildman–Crippen MR) is 159 cm³/mol. The minimum atomic E-state index is -0.616. The van der Waals surface area contributed by atoms with E-state index < -0.39 is 17.8 Å². The summed E-state index contributed by atoms with van der Waals surface area (Å²) in [7, 11) is 0. The number of carbonyl (C=O) groups is 2. The maximum Gasteiger partial charge on any atom is 0.335 e. The largest absolute Gasteiger partial charge is 0.423 e. The monoisotopic (exact) mass is 576 g/mol. The van der Waals surface area contributed by atoms with Gasteiger partial charge in [0.15, 0.2) is 5.82 Å². The number of esters is 2. The van der Waals surface area contributed by atoms with Gasteiger partial charge in [0.1, 0.15) is 17.2 Å². The van der Waals surface area contributed by atoms with Crippen LogP contribution in [0.3, 0.4) is 0 Å². The summed E-state index contributed by atoms with van der Waals surface area (Å²) in [5.41, 5.74) is 4.11. The van der Waals surface area contributed by atoms with Crippen LogP contribution in [0.15, 0.2) is 135 Å². The number of rotatable bonds is 10. The molecule has 10 nitrogen and oxygen atoms in total. The number of benzene rings is 4. The summed E-state index contributed by atoms with van der Waals surface area (Å²) in [6.45, 7) is 10.4. The lowest BCUT2D eigenvalue weighted by molar-refractivity contribution is -0.129. The Labute approximate surface area is 246 Å². The van der Waals surface area contributed by atoms with E-state index >= 15 is 0 Å². The third kappa shape index (κ3) is 8.51. The van der Waals surface area contributed by atoms with E-state index in [1.165, 1.54) is 12.1 Å². The Kier molecular flexibility index (Phi) is 9.83. The topological polar surface area (TPSA) is 127 Å². The zero-order valence-electron chi connectivity index (χ0n) is 23.3. The molecule has 0 amide bonds. The van der Waals surface area contributed by atoms with E-state index in [0.717, 1.165) is 23.3 Å². The van der Waals surface area contributed by atoms with Gasteiger partial charge in [-0.15, -0.1) is 5.11 Å². The molecule has 4 aromatic rings. The third-order valence-corrected chi connectivity index (χ3v) is 5.71. The van der Waals surface area contributed by atoms with Crippen molar-refractivity contribution in [2.75, 3.05) is 0 Å². The Balaban J connectivity index is 1.39. The van der Waals surface area contributed by atoms with Crippen molar-refractivity contribution in [3.8, 4) is 11.5 Å². The van der Waals surface area contributed by atoms with Gasteiger partial charge in [-0.1, -0.05) is 13.2 Å². The van der Waals surface area contributed by atoms with Gasteiger partial charge in [-0.3, -0.25) is 0 Å². The van der Waals surface area contributed by atoms with E-state index in [2.05, 4.69) is 43.8 Å². The van der Waals surface area contributed by atoms with Crippen molar-refractivity contribution < 1.29 is 23.5 Å². The van der Waals surface area contributed by atoms with Crippen LogP contribution < -0.4 is 9.47 Å². The Morgan fingerprint density at radius 1 is 0.581 bits per heavy atom. The van der Waals surface area contributed by atoms with Crippen molar-refractivity contribution in [2.45, 2.75) is 13.8 Å². The molecule has 0 spiro atoms. The van der Waals surface area contributed by atoms with Crippen molar-refractivity contribution in [2.24, 2.45) is 30.7 Å². The number of carbonyl (C=O) groups excluding carboxylic acids is 2. The fourth-order valence-electron chi connectivity index (χ4n) is 3.49. The molecule has 11 heteroatoms. The number of hydrogen-bond acceptors (Lipinski definition) is 10. The summed E-state index contributed by atoms with van der Waals surface area (Å²) < 4.78 is 24.8. The number of nitrogens with zero attached hydrogens (tertiary/aromatic N) is 6. The number of azo groups is 3. The standard InChI is InChI=1S/C32H25FN6O4/c1-5-31(40)42-25-11-7-22(8-12-25)34-35-24-10-15-30(27(33)19-24)39-36-23-9-14-28(20(3)17-23)37-38-29-16-13-26(18-21(29)4)43-32(41)6-2/h5-19H,1-2H2,3-4H3. The minimum absolute atomic E-state index is 0.0337. The molecule has 4 aromatic carbocycles. The summed E-state index contributed by atoms with van der Waals surface area (Å²) in [5, 5.41) is 24.9. The van der Waals surface area contributed by atoms with Crippen LogP contribution in [0.5, 0.6) is 11.5 Å². The van der Waals surface area contributed by atoms with Gasteiger partial charge in [-0.25, -0.2) is 14.0 Å². The number of halogens is 1. The molecule has 214 valence electrons. The molecule has 0 aromatic heterocycles. The van der Waals surface area contributed by atoms with Crippen LogP contribution in [-0.2, 0) is 9.59 Å². The van der Waals surface area contributed by atoms with E-state index in [1.807, 2.05) is 13.8 Å². The highest BCUT2D eigenvalue weighted by molar-refractivity contribution is 5.83. The lowest BCUT2D eigenvalue weighted by Crippen LogP contribution is -2.02. The summed E-state index contributed by atoms with van der Waals surface area (Å²) in [5.74, 6) is -0.999. The highest BCUT2D eigenvalue weighted by atomic mass is 19.1. The maximum atomic E-state index is 14.7. The minimum Gasteiger partial charge on any atom is -0.423 e. The first kappa shape index (κ1) is 30.0. The lowest BCUT2D eigenvalue weighted by atomic mass is 10.2. The van der Waals surface area contributed by atoms with Crippen LogP contribution in [-0.4, -0.2) is 11.9 Å². The Morgan fingerprint density at radius 2 is 1.02 bits per heavy atom. The molecule has 0 atom stereocenters. The zero-order valence-corrected chi connectivity index (χ0v) is 23.3. The predicted octanol–water partition coefficient (Wildman–Crippen LogP) is 9.87. The van der Waals surface area contributed by atoms with Gasteiger partial charge in [-0.05, 0) is 97.8 Å². The first-order chi connectivity index (χ1) is 20.7. The SMILES string of the molecule is C=CC(=O)Oc1ccc(N=Nc2ccc(N=Nc3ccc(N=Nc4ccc(OC(=O)C=C)cc4C)c(C)c3)c(F)c2)cc1. The molecule has 0 saturated carbocycles. The average Bonchev–Trinajstić information content (AvgIpc) is 3.00. The Morgan fingerprint density at radius 3 is 1.60 bits per heavy atom. The molecule has 0 N–H and O–H groups in total. The Bertz CT molecular complexity index is 1780. The summed E-state index contributed by atoms with van der Waals surface area (Å²) >= 11 is 0. The van der Waals surface area contributed by atoms with E-state index in [0.29, 0.717) is 34.2 Å². The van der Waals surface area contributed by atoms with Crippen LogP contribution in [0.1, 0.15) is 11.1 Å². The molecule has 0 fully saturated rings. The molecule has 0 radical (unpaired) electrons. The molecule has 0 aliphatic carbocycles. The van der Waals surface area contributed by atoms with Crippen LogP contribution >= 0.6 is 0 Å². The second kappa shape index (κ2) is 14.1. The highest BCUT2D eigenvalue weighted by Gasteiger charge is 2.06. The second-order valence-electron chi connectivity index (χ2n) is 8.90. The van der Waals surface area contributed by atoms with Crippen molar-refractivity contribution in [1.82, 2.24) is 0 Å². The van der Waals surface area contributed by atoms with Gasteiger partial charge in [0.25, 0.3) is 0 Å². The maximum absolute atomic E-state index is 14.7. The summed E-state index contributed by atoms with van der Waals surface area (Å²) in [4.78, 5) is 22.6. The molecule has 0 aliphatic rings. The van der Waals surface area contributed by atoms with E-state index in [9.17, 15) is 14.0 Å². The molecular weight excluding hydrogens is 551 g/mol. The first-order valence-corrected chi connectivity index (χ1v) is 12.8. The molecule has 0 bridgehead atoms. The summed E-state index contributed by atoms with van der Waals surface area (Å²) in [6.07, 6.45) is 2.15. The fraction of sp³-hybridized carbons (Fsp3) is 0.0625. The van der Waals surface area contributed by atoms with Gasteiger partial charge in [0.05, 0.1) is 28.4 Å². The second-order valence-corrected chi connectivity index (χ2v) is 8.90. The van der Waals surface area contributed by atoms with Gasteiger partial charge in [0.2, 0.25) is 0 Å². The smallest absolute Gasteiger partial charge is 0.335 e. The van der Waals surface area contributed by atoms with E-state index in [1.54, 1.807) is 66.7 Å². The number of aryl methyl sites for hydroxylation is 2. The van der Waals surface area contributed by atoms with E-state index in [4.69, 9.17) is 9.47 Å². The molecule has 0 unspecified atom stereocenters. The van der Waals surface area contributed by atoms with Crippen molar-refractivity contribution in [3.63, 3.8) is 0 Å². The lowest BCUT2D eigenvalue weighted by Gasteiger charge is -2.05. The van der Waals surface area contributed by atoms with Crippen molar-refractivity contribution >= 4 is 46.1 Å².